The number of guanidine groups is 1. The molecule has 2 rings (SSSR count). The molecule has 0 aromatic heterocycles. The normalized spacial score (nSPS) is 17.1. The second-order valence-corrected chi connectivity index (χ2v) is 7.24. The largest absolute Gasteiger partial charge is 0.496 e. The quantitative estimate of drug-likeness (QED) is 0.343. The summed E-state index contributed by atoms with van der Waals surface area (Å²) in [5.41, 5.74) is 1.66. The Morgan fingerprint density at radius 3 is 2.46 bits per heavy atom. The van der Waals surface area contributed by atoms with Crippen LogP contribution in [0.2, 0.25) is 0 Å². The summed E-state index contributed by atoms with van der Waals surface area (Å²) >= 11 is 0. The zero-order chi connectivity index (χ0) is 18.3. The van der Waals surface area contributed by atoms with E-state index in [1.54, 1.807) is 7.11 Å². The lowest BCUT2D eigenvalue weighted by Crippen LogP contribution is -2.47. The van der Waals surface area contributed by atoms with E-state index < -0.39 is 0 Å². The number of ether oxygens (including phenoxy) is 1. The molecule has 26 heavy (non-hydrogen) atoms. The van der Waals surface area contributed by atoms with Gasteiger partial charge in [-0.25, -0.2) is 0 Å². The number of aliphatic imine (C=N–C) groups is 1. The van der Waals surface area contributed by atoms with Crippen LogP contribution in [-0.2, 0) is 0 Å². The Bertz CT molecular complexity index is 567. The Hall–Kier alpha value is -1.02. The molecule has 0 saturated heterocycles. The van der Waals surface area contributed by atoms with Crippen molar-refractivity contribution in [2.45, 2.75) is 38.6 Å². The minimum atomic E-state index is 0. The summed E-state index contributed by atoms with van der Waals surface area (Å²) in [4.78, 5) is 6.60. The smallest absolute Gasteiger partial charge is 0.191 e. The second kappa shape index (κ2) is 11.0. The second-order valence-electron chi connectivity index (χ2n) is 7.24. The molecule has 1 unspecified atom stereocenters. The van der Waals surface area contributed by atoms with Crippen LogP contribution in [0.1, 0.15) is 44.2 Å². The molecular formula is C20H35IN4O. The van der Waals surface area contributed by atoms with Gasteiger partial charge in [-0.2, -0.15) is 0 Å². The molecule has 6 heteroatoms. The average Bonchev–Trinajstić information content (AvgIpc) is 2.59. The fourth-order valence-electron chi connectivity index (χ4n) is 3.53. The van der Waals surface area contributed by atoms with E-state index in [4.69, 9.17) is 4.74 Å². The maximum absolute atomic E-state index is 5.54. The number of para-hydroxylation sites is 1. The van der Waals surface area contributed by atoms with Crippen molar-refractivity contribution in [1.82, 2.24) is 15.5 Å². The molecule has 0 spiro atoms. The van der Waals surface area contributed by atoms with E-state index in [-0.39, 0.29) is 30.0 Å². The molecule has 1 saturated carbocycles. The summed E-state index contributed by atoms with van der Waals surface area (Å²) in [5, 5.41) is 7.01. The molecule has 0 bridgehead atoms. The third-order valence-electron chi connectivity index (χ3n) is 5.60. The summed E-state index contributed by atoms with van der Waals surface area (Å²) in [7, 11) is 7.75. The monoisotopic (exact) mass is 474 g/mol. The lowest BCUT2D eigenvalue weighted by atomic mass is 9.67. The van der Waals surface area contributed by atoms with Gasteiger partial charge in [0.1, 0.15) is 5.75 Å². The number of benzene rings is 1. The van der Waals surface area contributed by atoms with Crippen molar-refractivity contribution in [2.24, 2.45) is 10.4 Å². The first-order chi connectivity index (χ1) is 12.0. The van der Waals surface area contributed by atoms with E-state index in [2.05, 4.69) is 53.7 Å². The Balaban J connectivity index is 0.00000338. The molecule has 1 fully saturated rings. The minimum absolute atomic E-state index is 0. The van der Waals surface area contributed by atoms with Gasteiger partial charge in [0, 0.05) is 25.7 Å². The molecule has 1 aromatic carbocycles. The highest BCUT2D eigenvalue weighted by Crippen LogP contribution is 2.43. The van der Waals surface area contributed by atoms with Gasteiger partial charge < -0.3 is 20.3 Å². The van der Waals surface area contributed by atoms with E-state index in [1.807, 2.05) is 19.2 Å². The lowest BCUT2D eigenvalue weighted by molar-refractivity contribution is 0.131. The molecule has 0 aliphatic heterocycles. The van der Waals surface area contributed by atoms with Crippen LogP contribution < -0.4 is 15.4 Å². The molecular weight excluding hydrogens is 439 g/mol. The summed E-state index contributed by atoms with van der Waals surface area (Å²) < 4.78 is 5.54. The SMILES string of the molecule is CCC1(CNC(=NC)NCC(c2ccccc2OC)N(C)C)CCC1.I. The van der Waals surface area contributed by atoms with Crippen molar-refractivity contribution < 1.29 is 4.74 Å². The van der Waals surface area contributed by atoms with Crippen LogP contribution in [0.15, 0.2) is 29.3 Å². The third-order valence-corrected chi connectivity index (χ3v) is 5.60. The number of hydrogen-bond donors (Lipinski definition) is 2. The molecule has 5 nitrogen and oxygen atoms in total. The topological polar surface area (TPSA) is 48.9 Å². The van der Waals surface area contributed by atoms with Gasteiger partial charge in [0.05, 0.1) is 13.2 Å². The van der Waals surface area contributed by atoms with Gasteiger partial charge in [0.25, 0.3) is 0 Å². The number of methoxy groups -OCH3 is 1. The maximum atomic E-state index is 5.54. The number of nitrogens with zero attached hydrogens (tertiary/aromatic N) is 2. The maximum Gasteiger partial charge on any atom is 0.191 e. The van der Waals surface area contributed by atoms with Crippen LogP contribution in [-0.4, -0.2) is 52.2 Å². The minimum Gasteiger partial charge on any atom is -0.496 e. The van der Waals surface area contributed by atoms with Gasteiger partial charge in [-0.05, 0) is 44.8 Å². The van der Waals surface area contributed by atoms with Crippen LogP contribution in [0.4, 0.5) is 0 Å². The third kappa shape index (κ3) is 5.74. The summed E-state index contributed by atoms with van der Waals surface area (Å²) in [5.74, 6) is 1.80. The first-order valence-corrected chi connectivity index (χ1v) is 9.29. The molecule has 1 atom stereocenters. The highest BCUT2D eigenvalue weighted by Gasteiger charge is 2.34. The molecule has 0 amide bonds. The molecule has 1 aliphatic rings. The summed E-state index contributed by atoms with van der Waals surface area (Å²) in [6.45, 7) is 4.07. The van der Waals surface area contributed by atoms with E-state index in [9.17, 15) is 0 Å². The van der Waals surface area contributed by atoms with E-state index in [1.165, 1.54) is 31.2 Å². The van der Waals surface area contributed by atoms with Crippen molar-refractivity contribution in [3.8, 4) is 5.75 Å². The van der Waals surface area contributed by atoms with Gasteiger partial charge in [-0.3, -0.25) is 4.99 Å². The highest BCUT2D eigenvalue weighted by molar-refractivity contribution is 14.0. The van der Waals surface area contributed by atoms with Crippen molar-refractivity contribution in [2.75, 3.05) is 41.3 Å². The molecule has 2 N–H and O–H groups in total. The predicted molar refractivity (Wildman–Crippen MR) is 121 cm³/mol. The number of nitrogens with one attached hydrogen (secondary N) is 2. The number of hydrogen-bond acceptors (Lipinski definition) is 3. The van der Waals surface area contributed by atoms with Crippen molar-refractivity contribution in [1.29, 1.82) is 0 Å². The Morgan fingerprint density at radius 2 is 1.96 bits per heavy atom. The first kappa shape index (κ1) is 23.0. The van der Waals surface area contributed by atoms with Crippen LogP contribution in [0.3, 0.4) is 0 Å². The number of halogens is 1. The zero-order valence-electron chi connectivity index (χ0n) is 16.8. The Kier molecular flexibility index (Phi) is 9.71. The molecule has 1 aliphatic carbocycles. The van der Waals surface area contributed by atoms with E-state index in [0.29, 0.717) is 5.41 Å². The average molecular weight is 474 g/mol. The van der Waals surface area contributed by atoms with Crippen molar-refractivity contribution >= 4 is 29.9 Å². The van der Waals surface area contributed by atoms with Crippen molar-refractivity contribution in [3.05, 3.63) is 29.8 Å². The van der Waals surface area contributed by atoms with Crippen molar-refractivity contribution in [3.63, 3.8) is 0 Å². The van der Waals surface area contributed by atoms with Crippen LogP contribution >= 0.6 is 24.0 Å². The molecule has 0 heterocycles. The predicted octanol–water partition coefficient (Wildman–Crippen LogP) is 3.66. The number of likely N-dealkylation sites (N-methyl/N-ethyl adjacent to an activating group) is 1. The fourth-order valence-corrected chi connectivity index (χ4v) is 3.53. The van der Waals surface area contributed by atoms with E-state index >= 15 is 0 Å². The van der Waals surface area contributed by atoms with Crippen LogP contribution in [0.25, 0.3) is 0 Å². The van der Waals surface area contributed by atoms with Gasteiger partial charge in [-0.15, -0.1) is 24.0 Å². The Morgan fingerprint density at radius 1 is 1.27 bits per heavy atom. The number of rotatable bonds is 8. The van der Waals surface area contributed by atoms with Gasteiger partial charge in [0.15, 0.2) is 5.96 Å². The van der Waals surface area contributed by atoms with Gasteiger partial charge >= 0.3 is 0 Å². The molecule has 148 valence electrons. The van der Waals surface area contributed by atoms with Gasteiger partial charge in [0.2, 0.25) is 0 Å². The zero-order valence-corrected chi connectivity index (χ0v) is 19.2. The summed E-state index contributed by atoms with van der Waals surface area (Å²) in [6, 6.07) is 8.41. The fraction of sp³-hybridized carbons (Fsp3) is 0.650. The summed E-state index contributed by atoms with van der Waals surface area (Å²) in [6.07, 6.45) is 5.25. The molecule has 1 aromatic rings. The highest BCUT2D eigenvalue weighted by atomic mass is 127. The first-order valence-electron chi connectivity index (χ1n) is 9.29. The lowest BCUT2D eigenvalue weighted by Gasteiger charge is -2.41. The molecule has 0 radical (unpaired) electrons. The van der Waals surface area contributed by atoms with E-state index in [0.717, 1.165) is 24.8 Å². The Labute approximate surface area is 176 Å². The van der Waals surface area contributed by atoms with Crippen LogP contribution in [0, 0.1) is 5.41 Å². The van der Waals surface area contributed by atoms with Gasteiger partial charge in [-0.1, -0.05) is 31.5 Å². The van der Waals surface area contributed by atoms with Crippen LogP contribution in [0.5, 0.6) is 5.75 Å². The standard InChI is InChI=1S/C20H34N4O.HI/c1-6-20(12-9-13-20)15-23-19(21-2)22-14-17(24(3)4)16-10-7-8-11-18(16)25-5;/h7-8,10-11,17H,6,9,12-15H2,1-5H3,(H2,21,22,23);1H.